The Labute approximate surface area is 125 Å². The zero-order chi connectivity index (χ0) is 14.9. The van der Waals surface area contributed by atoms with Gasteiger partial charge < -0.3 is 5.43 Å². The smallest absolute Gasteiger partial charge is 0.146 e. The Morgan fingerprint density at radius 2 is 1.90 bits per heavy atom. The Morgan fingerprint density at radius 3 is 2.43 bits per heavy atom. The lowest BCUT2D eigenvalue weighted by molar-refractivity contribution is 0.284. The van der Waals surface area contributed by atoms with Gasteiger partial charge in [0.15, 0.2) is 0 Å². The van der Waals surface area contributed by atoms with Crippen LogP contribution in [-0.4, -0.2) is 9.97 Å². The summed E-state index contributed by atoms with van der Waals surface area (Å²) in [4.78, 5) is 9.59. The molecule has 0 bridgehead atoms. The molecule has 0 aliphatic heterocycles. The first-order valence-corrected chi connectivity index (χ1v) is 7.61. The van der Waals surface area contributed by atoms with Crippen molar-refractivity contribution >= 4 is 5.82 Å². The third-order valence-corrected chi connectivity index (χ3v) is 4.68. The Kier molecular flexibility index (Phi) is 3.64. The van der Waals surface area contributed by atoms with Crippen LogP contribution in [0.2, 0.25) is 0 Å². The molecule has 4 nitrogen and oxygen atoms in total. The molecule has 0 atom stereocenters. The molecule has 1 heterocycles. The molecular formula is C17H22N4. The van der Waals surface area contributed by atoms with E-state index in [9.17, 15) is 0 Å². The minimum Gasteiger partial charge on any atom is -0.308 e. The SMILES string of the molecule is CCc1nc(C2(c3ccccc3)CCC2)nc(NN)c1C. The number of nitrogen functional groups attached to an aromatic ring is 1. The zero-order valence-corrected chi connectivity index (χ0v) is 12.7. The van der Waals surface area contributed by atoms with E-state index in [0.717, 1.165) is 42.2 Å². The maximum atomic E-state index is 5.64. The van der Waals surface area contributed by atoms with Gasteiger partial charge >= 0.3 is 0 Å². The van der Waals surface area contributed by atoms with Gasteiger partial charge in [-0.25, -0.2) is 15.8 Å². The largest absolute Gasteiger partial charge is 0.308 e. The molecular weight excluding hydrogens is 260 g/mol. The van der Waals surface area contributed by atoms with Crippen LogP contribution in [0.3, 0.4) is 0 Å². The van der Waals surface area contributed by atoms with Gasteiger partial charge in [0.1, 0.15) is 11.6 Å². The van der Waals surface area contributed by atoms with Gasteiger partial charge in [0.05, 0.1) is 5.41 Å². The zero-order valence-electron chi connectivity index (χ0n) is 12.7. The number of aryl methyl sites for hydroxylation is 1. The van der Waals surface area contributed by atoms with Crippen molar-refractivity contribution in [2.24, 2.45) is 5.84 Å². The average molecular weight is 282 g/mol. The van der Waals surface area contributed by atoms with Crippen molar-refractivity contribution in [2.45, 2.75) is 44.9 Å². The van der Waals surface area contributed by atoms with Crippen LogP contribution in [0.4, 0.5) is 5.82 Å². The fraction of sp³-hybridized carbons (Fsp3) is 0.412. The molecule has 1 aliphatic rings. The molecule has 0 saturated heterocycles. The second kappa shape index (κ2) is 5.45. The van der Waals surface area contributed by atoms with E-state index < -0.39 is 0 Å². The Balaban J connectivity index is 2.14. The Hall–Kier alpha value is -1.94. The molecule has 0 radical (unpaired) electrons. The van der Waals surface area contributed by atoms with Crippen LogP contribution in [0.5, 0.6) is 0 Å². The summed E-state index contributed by atoms with van der Waals surface area (Å²) in [6.45, 7) is 4.14. The molecule has 1 saturated carbocycles. The van der Waals surface area contributed by atoms with E-state index in [1.54, 1.807) is 0 Å². The normalized spacial score (nSPS) is 16.3. The summed E-state index contributed by atoms with van der Waals surface area (Å²) in [5, 5.41) is 0. The molecule has 3 N–H and O–H groups in total. The van der Waals surface area contributed by atoms with E-state index in [1.165, 1.54) is 12.0 Å². The van der Waals surface area contributed by atoms with Crippen LogP contribution in [-0.2, 0) is 11.8 Å². The summed E-state index contributed by atoms with van der Waals surface area (Å²) in [6.07, 6.45) is 4.32. The summed E-state index contributed by atoms with van der Waals surface area (Å²) in [5.74, 6) is 7.31. The molecule has 4 heteroatoms. The van der Waals surface area contributed by atoms with Crippen molar-refractivity contribution in [1.29, 1.82) is 0 Å². The highest BCUT2D eigenvalue weighted by molar-refractivity contribution is 5.47. The van der Waals surface area contributed by atoms with Crippen molar-refractivity contribution in [3.05, 3.63) is 53.0 Å². The van der Waals surface area contributed by atoms with E-state index in [4.69, 9.17) is 15.8 Å². The van der Waals surface area contributed by atoms with Crippen LogP contribution in [0, 0.1) is 6.92 Å². The average Bonchev–Trinajstić information content (AvgIpc) is 2.48. The van der Waals surface area contributed by atoms with Gasteiger partial charge in [0, 0.05) is 11.3 Å². The van der Waals surface area contributed by atoms with Crippen molar-refractivity contribution in [3.8, 4) is 0 Å². The number of rotatable bonds is 4. The lowest BCUT2D eigenvalue weighted by atomic mass is 9.64. The van der Waals surface area contributed by atoms with E-state index in [1.807, 2.05) is 6.92 Å². The van der Waals surface area contributed by atoms with E-state index >= 15 is 0 Å². The van der Waals surface area contributed by atoms with Gasteiger partial charge in [-0.05, 0) is 31.7 Å². The summed E-state index contributed by atoms with van der Waals surface area (Å²) in [6, 6.07) is 10.6. The topological polar surface area (TPSA) is 63.8 Å². The third kappa shape index (κ3) is 2.20. The minimum atomic E-state index is -0.0372. The first kappa shape index (κ1) is 14.0. The molecule has 1 fully saturated rings. The number of hydrogen-bond donors (Lipinski definition) is 2. The van der Waals surface area contributed by atoms with Crippen LogP contribution in [0.1, 0.15) is 48.8 Å². The number of anilines is 1. The highest BCUT2D eigenvalue weighted by Gasteiger charge is 2.43. The number of nitrogens with two attached hydrogens (primary N) is 1. The number of aromatic nitrogens is 2. The van der Waals surface area contributed by atoms with E-state index in [2.05, 4.69) is 42.7 Å². The highest BCUT2D eigenvalue weighted by Crippen LogP contribution is 2.47. The van der Waals surface area contributed by atoms with Gasteiger partial charge in [-0.2, -0.15) is 0 Å². The number of benzene rings is 1. The lowest BCUT2D eigenvalue weighted by Gasteiger charge is -2.41. The molecule has 0 unspecified atom stereocenters. The molecule has 1 aliphatic carbocycles. The van der Waals surface area contributed by atoms with Gasteiger partial charge in [-0.3, -0.25) is 0 Å². The van der Waals surface area contributed by atoms with Gasteiger partial charge in [0.2, 0.25) is 0 Å². The predicted molar refractivity (Wildman–Crippen MR) is 85.0 cm³/mol. The molecule has 2 aromatic rings. The molecule has 1 aromatic carbocycles. The molecule has 110 valence electrons. The van der Waals surface area contributed by atoms with Crippen LogP contribution in [0.25, 0.3) is 0 Å². The monoisotopic (exact) mass is 282 g/mol. The lowest BCUT2D eigenvalue weighted by Crippen LogP contribution is -2.38. The summed E-state index contributed by atoms with van der Waals surface area (Å²) in [5.41, 5.74) is 6.13. The first-order valence-electron chi connectivity index (χ1n) is 7.61. The second-order valence-electron chi connectivity index (χ2n) is 5.77. The molecule has 0 amide bonds. The predicted octanol–water partition coefficient (Wildman–Crippen LogP) is 3.10. The van der Waals surface area contributed by atoms with E-state index in [-0.39, 0.29) is 5.41 Å². The fourth-order valence-electron chi connectivity index (χ4n) is 3.19. The van der Waals surface area contributed by atoms with Crippen molar-refractivity contribution < 1.29 is 0 Å². The van der Waals surface area contributed by atoms with Crippen LogP contribution >= 0.6 is 0 Å². The third-order valence-electron chi connectivity index (χ3n) is 4.68. The van der Waals surface area contributed by atoms with Gasteiger partial charge in [-0.1, -0.05) is 43.7 Å². The number of nitrogens with zero attached hydrogens (tertiary/aromatic N) is 2. The summed E-state index contributed by atoms with van der Waals surface area (Å²) in [7, 11) is 0. The summed E-state index contributed by atoms with van der Waals surface area (Å²) >= 11 is 0. The quantitative estimate of drug-likeness (QED) is 0.668. The van der Waals surface area contributed by atoms with Crippen LogP contribution in [0.15, 0.2) is 30.3 Å². The maximum absolute atomic E-state index is 5.64. The van der Waals surface area contributed by atoms with Gasteiger partial charge in [-0.15, -0.1) is 0 Å². The van der Waals surface area contributed by atoms with E-state index in [0.29, 0.717) is 0 Å². The minimum absolute atomic E-state index is 0.0372. The highest BCUT2D eigenvalue weighted by atomic mass is 15.3. The van der Waals surface area contributed by atoms with Crippen molar-refractivity contribution in [1.82, 2.24) is 9.97 Å². The number of hydrazine groups is 1. The second-order valence-corrected chi connectivity index (χ2v) is 5.77. The van der Waals surface area contributed by atoms with Crippen molar-refractivity contribution in [2.75, 3.05) is 5.43 Å². The first-order chi connectivity index (χ1) is 10.2. The molecule has 3 rings (SSSR count). The van der Waals surface area contributed by atoms with Gasteiger partial charge in [0.25, 0.3) is 0 Å². The number of nitrogens with one attached hydrogen (secondary N) is 1. The van der Waals surface area contributed by atoms with Crippen LogP contribution < -0.4 is 11.3 Å². The maximum Gasteiger partial charge on any atom is 0.146 e. The number of hydrogen-bond acceptors (Lipinski definition) is 4. The molecule has 0 spiro atoms. The standard InChI is InChI=1S/C17H22N4/c1-3-14-12(2)15(21-18)20-16(19-14)17(10-7-11-17)13-8-5-4-6-9-13/h4-6,8-9H,3,7,10-11,18H2,1-2H3,(H,19,20,21). The molecule has 1 aromatic heterocycles. The van der Waals surface area contributed by atoms with Crippen molar-refractivity contribution in [3.63, 3.8) is 0 Å². The fourth-order valence-corrected chi connectivity index (χ4v) is 3.19. The Morgan fingerprint density at radius 1 is 1.19 bits per heavy atom. The molecule has 21 heavy (non-hydrogen) atoms. The summed E-state index contributed by atoms with van der Waals surface area (Å²) < 4.78 is 0. The Bertz CT molecular complexity index is 607.